The van der Waals surface area contributed by atoms with E-state index in [9.17, 15) is 13.2 Å². The summed E-state index contributed by atoms with van der Waals surface area (Å²) in [5.74, 6) is -1.38. The van der Waals surface area contributed by atoms with Gasteiger partial charge < -0.3 is 5.11 Å². The molecule has 0 aromatic carbocycles. The van der Waals surface area contributed by atoms with Crippen LogP contribution in [-0.2, 0) is 14.8 Å². The lowest BCUT2D eigenvalue weighted by atomic mass is 10.1. The van der Waals surface area contributed by atoms with E-state index < -0.39 is 16.0 Å². The Labute approximate surface area is 77.0 Å². The minimum atomic E-state index is -3.45. The molecule has 1 rings (SSSR count). The highest BCUT2D eigenvalue weighted by Gasteiger charge is 2.31. The van der Waals surface area contributed by atoms with E-state index in [1.165, 1.54) is 0 Å². The summed E-state index contributed by atoms with van der Waals surface area (Å²) in [5, 5.41) is 13.5. The summed E-state index contributed by atoms with van der Waals surface area (Å²) in [6, 6.07) is 0. The van der Waals surface area contributed by atoms with Gasteiger partial charge in [-0.15, -0.1) is 0 Å². The molecule has 6 heteroatoms. The summed E-state index contributed by atoms with van der Waals surface area (Å²) >= 11 is 0. The van der Waals surface area contributed by atoms with E-state index in [1.807, 2.05) is 0 Å². The maximum absolute atomic E-state index is 10.7. The van der Waals surface area contributed by atoms with Gasteiger partial charge in [-0.25, -0.2) is 13.6 Å². The Bertz CT molecular complexity index is 298. The molecule has 0 bridgehead atoms. The molecule has 2 atom stereocenters. The summed E-state index contributed by atoms with van der Waals surface area (Å²) in [5.41, 5.74) is 0. The maximum atomic E-state index is 10.7. The third-order valence-electron chi connectivity index (χ3n) is 2.36. The lowest BCUT2D eigenvalue weighted by Crippen LogP contribution is -2.22. The molecule has 1 fully saturated rings. The number of carbonyl (C=O) groups is 1. The Kier molecular flexibility index (Phi) is 2.92. The first-order chi connectivity index (χ1) is 5.88. The van der Waals surface area contributed by atoms with E-state index in [4.69, 9.17) is 10.2 Å². The van der Waals surface area contributed by atoms with Crippen LogP contribution in [0.25, 0.3) is 0 Å². The Morgan fingerprint density at radius 3 is 2.46 bits per heavy atom. The standard InChI is InChI=1S/C7H13NO4S/c8-13(11,12)4-5-1-2-6(3-5)7(9)10/h5-6H,1-4H2,(H,9,10)(H2,8,11,12). The molecule has 0 aliphatic heterocycles. The van der Waals surface area contributed by atoms with Crippen molar-refractivity contribution in [2.75, 3.05) is 5.75 Å². The van der Waals surface area contributed by atoms with Crippen LogP contribution in [0.4, 0.5) is 0 Å². The van der Waals surface area contributed by atoms with Gasteiger partial charge in [-0.3, -0.25) is 4.79 Å². The number of hydrogen-bond acceptors (Lipinski definition) is 3. The molecule has 5 nitrogen and oxygen atoms in total. The second-order valence-corrected chi connectivity index (χ2v) is 5.20. The number of carboxylic acid groups (broad SMARTS) is 1. The molecule has 1 aliphatic carbocycles. The summed E-state index contributed by atoms with van der Waals surface area (Å²) in [6.07, 6.45) is 1.65. The fourth-order valence-corrected chi connectivity index (χ4v) is 2.74. The smallest absolute Gasteiger partial charge is 0.306 e. The largest absolute Gasteiger partial charge is 0.481 e. The van der Waals surface area contributed by atoms with Crippen LogP contribution in [0.3, 0.4) is 0 Å². The monoisotopic (exact) mass is 207 g/mol. The zero-order chi connectivity index (χ0) is 10.1. The van der Waals surface area contributed by atoms with Crippen LogP contribution in [0.1, 0.15) is 19.3 Å². The quantitative estimate of drug-likeness (QED) is 0.668. The van der Waals surface area contributed by atoms with Crippen LogP contribution in [0.15, 0.2) is 0 Å². The van der Waals surface area contributed by atoms with Gasteiger partial charge in [0.15, 0.2) is 0 Å². The zero-order valence-electron chi connectivity index (χ0n) is 7.14. The fraction of sp³-hybridized carbons (Fsp3) is 0.857. The number of rotatable bonds is 3. The lowest BCUT2D eigenvalue weighted by molar-refractivity contribution is -0.141. The molecular weight excluding hydrogens is 194 g/mol. The van der Waals surface area contributed by atoms with E-state index in [1.54, 1.807) is 0 Å². The van der Waals surface area contributed by atoms with Gasteiger partial charge in [0.1, 0.15) is 0 Å². The number of carboxylic acids is 1. The number of nitrogens with two attached hydrogens (primary N) is 1. The third-order valence-corrected chi connectivity index (χ3v) is 3.29. The average molecular weight is 207 g/mol. The van der Waals surface area contributed by atoms with E-state index >= 15 is 0 Å². The van der Waals surface area contributed by atoms with Crippen molar-refractivity contribution >= 4 is 16.0 Å². The molecule has 1 aliphatic rings. The maximum Gasteiger partial charge on any atom is 0.306 e. The molecule has 0 heterocycles. The highest BCUT2D eigenvalue weighted by atomic mass is 32.2. The Morgan fingerprint density at radius 1 is 1.46 bits per heavy atom. The van der Waals surface area contributed by atoms with Crippen molar-refractivity contribution in [3.8, 4) is 0 Å². The molecule has 76 valence electrons. The second-order valence-electron chi connectivity index (χ2n) is 3.54. The van der Waals surface area contributed by atoms with Gasteiger partial charge in [-0.05, 0) is 25.2 Å². The van der Waals surface area contributed by atoms with Crippen LogP contribution >= 0.6 is 0 Å². The first kappa shape index (κ1) is 10.5. The Hall–Kier alpha value is -0.620. The van der Waals surface area contributed by atoms with Crippen molar-refractivity contribution in [2.45, 2.75) is 19.3 Å². The molecule has 0 spiro atoms. The molecule has 2 unspecified atom stereocenters. The molecule has 0 aromatic rings. The summed E-state index contributed by atoms with van der Waals surface area (Å²) in [6.45, 7) is 0. The van der Waals surface area contributed by atoms with Crippen molar-refractivity contribution in [2.24, 2.45) is 17.0 Å². The molecule has 0 saturated heterocycles. The minimum Gasteiger partial charge on any atom is -0.481 e. The normalized spacial score (nSPS) is 29.0. The fourth-order valence-electron chi connectivity index (χ4n) is 1.78. The van der Waals surface area contributed by atoms with Gasteiger partial charge >= 0.3 is 5.97 Å². The topological polar surface area (TPSA) is 97.5 Å². The lowest BCUT2D eigenvalue weighted by Gasteiger charge is -2.06. The predicted octanol–water partition coefficient (Wildman–Crippen LogP) is -0.224. The predicted molar refractivity (Wildman–Crippen MR) is 46.4 cm³/mol. The van der Waals surface area contributed by atoms with E-state index in [2.05, 4.69) is 0 Å². The van der Waals surface area contributed by atoms with Gasteiger partial charge in [0.25, 0.3) is 0 Å². The van der Waals surface area contributed by atoms with E-state index in [-0.39, 0.29) is 17.6 Å². The van der Waals surface area contributed by atoms with Gasteiger partial charge in [0.2, 0.25) is 10.0 Å². The van der Waals surface area contributed by atoms with Crippen LogP contribution < -0.4 is 5.14 Å². The zero-order valence-corrected chi connectivity index (χ0v) is 7.96. The molecule has 0 amide bonds. The Balaban J connectivity index is 2.47. The SMILES string of the molecule is NS(=O)(=O)CC1CCC(C(=O)O)C1. The third kappa shape index (κ3) is 3.31. The van der Waals surface area contributed by atoms with Crippen molar-refractivity contribution in [1.29, 1.82) is 0 Å². The first-order valence-electron chi connectivity index (χ1n) is 4.12. The van der Waals surface area contributed by atoms with Gasteiger partial charge in [0.05, 0.1) is 11.7 Å². The van der Waals surface area contributed by atoms with Crippen LogP contribution in [-0.4, -0.2) is 25.2 Å². The van der Waals surface area contributed by atoms with Crippen molar-refractivity contribution in [3.05, 3.63) is 0 Å². The van der Waals surface area contributed by atoms with Crippen molar-refractivity contribution < 1.29 is 18.3 Å². The molecule has 0 radical (unpaired) electrons. The van der Waals surface area contributed by atoms with Gasteiger partial charge in [-0.2, -0.15) is 0 Å². The number of sulfonamides is 1. The molecule has 1 saturated carbocycles. The Morgan fingerprint density at radius 2 is 2.08 bits per heavy atom. The molecule has 13 heavy (non-hydrogen) atoms. The summed E-state index contributed by atoms with van der Waals surface area (Å²) in [4.78, 5) is 10.5. The summed E-state index contributed by atoms with van der Waals surface area (Å²) < 4.78 is 21.4. The number of hydrogen-bond donors (Lipinski definition) is 2. The number of aliphatic carboxylic acids is 1. The van der Waals surface area contributed by atoms with Crippen molar-refractivity contribution in [3.63, 3.8) is 0 Å². The average Bonchev–Trinajstić information content (AvgIpc) is 2.31. The van der Waals surface area contributed by atoms with Crippen molar-refractivity contribution in [1.82, 2.24) is 0 Å². The number of primary sulfonamides is 1. The summed E-state index contributed by atoms with van der Waals surface area (Å²) in [7, 11) is -3.45. The van der Waals surface area contributed by atoms with Gasteiger partial charge in [-0.1, -0.05) is 0 Å². The van der Waals surface area contributed by atoms with Crippen LogP contribution in [0.2, 0.25) is 0 Å². The van der Waals surface area contributed by atoms with E-state index in [0.29, 0.717) is 19.3 Å². The van der Waals surface area contributed by atoms with Gasteiger partial charge in [0, 0.05) is 0 Å². The second kappa shape index (κ2) is 3.63. The highest BCUT2D eigenvalue weighted by molar-refractivity contribution is 7.89. The van der Waals surface area contributed by atoms with E-state index in [0.717, 1.165) is 0 Å². The van der Waals surface area contributed by atoms with Crippen LogP contribution in [0.5, 0.6) is 0 Å². The minimum absolute atomic E-state index is 0.0731. The first-order valence-corrected chi connectivity index (χ1v) is 5.83. The molecule has 3 N–H and O–H groups in total. The molecule has 0 aromatic heterocycles. The highest BCUT2D eigenvalue weighted by Crippen LogP contribution is 2.31. The van der Waals surface area contributed by atoms with Crippen LogP contribution in [0, 0.1) is 11.8 Å². The molecular formula is C7H13NO4S.